The quantitative estimate of drug-likeness (QED) is 0.395. The number of carbonyl (C=O) groups is 1. The maximum atomic E-state index is 13.6. The van der Waals surface area contributed by atoms with Crippen LogP contribution in [0.25, 0.3) is 11.1 Å². The minimum absolute atomic E-state index is 0.00871. The SMILES string of the molecule is Cc1c(CCC(=O)O)ccc(OCc2c(-c3ccc(Cl)cc3)csc2C(F)(F)F)c1C. The van der Waals surface area contributed by atoms with Crippen LogP contribution < -0.4 is 4.74 Å². The topological polar surface area (TPSA) is 46.5 Å². The molecule has 1 heterocycles. The summed E-state index contributed by atoms with van der Waals surface area (Å²) in [7, 11) is 0. The van der Waals surface area contributed by atoms with Crippen molar-refractivity contribution in [3.05, 3.63) is 73.9 Å². The van der Waals surface area contributed by atoms with E-state index in [1.807, 2.05) is 13.8 Å². The molecule has 1 aromatic heterocycles. The fourth-order valence-corrected chi connectivity index (χ4v) is 4.39. The van der Waals surface area contributed by atoms with Gasteiger partial charge in [0.1, 0.15) is 17.2 Å². The van der Waals surface area contributed by atoms with Gasteiger partial charge in [0.15, 0.2) is 0 Å². The Morgan fingerprint density at radius 1 is 1.10 bits per heavy atom. The Kier molecular flexibility index (Phi) is 6.96. The zero-order valence-corrected chi connectivity index (χ0v) is 18.4. The fraction of sp³-hybridized carbons (Fsp3) is 0.261. The Bertz CT molecular complexity index is 1090. The molecule has 0 unspecified atom stereocenters. The molecule has 3 nitrogen and oxygen atoms in total. The number of benzene rings is 2. The summed E-state index contributed by atoms with van der Waals surface area (Å²) in [4.78, 5) is 10.1. The number of alkyl halides is 3. The van der Waals surface area contributed by atoms with Crippen molar-refractivity contribution in [2.75, 3.05) is 0 Å². The number of thiophene rings is 1. The number of ether oxygens (including phenoxy) is 1. The molecule has 3 rings (SSSR count). The van der Waals surface area contributed by atoms with Crippen LogP contribution in [0.4, 0.5) is 13.2 Å². The van der Waals surface area contributed by atoms with Gasteiger partial charge < -0.3 is 9.84 Å². The molecule has 0 bridgehead atoms. The molecule has 0 fully saturated rings. The first-order chi connectivity index (χ1) is 14.6. The standard InChI is InChI=1S/C23H20ClF3O3S/c1-13-14(2)20(9-5-15(13)6-10-21(28)29)30-11-18-19(12-31-22(18)23(25,26)27)16-3-7-17(24)8-4-16/h3-5,7-9,12H,6,10-11H2,1-2H3,(H,28,29). The third kappa shape index (κ3) is 5.40. The van der Waals surface area contributed by atoms with E-state index in [1.165, 1.54) is 5.38 Å². The van der Waals surface area contributed by atoms with Gasteiger partial charge in [-0.05, 0) is 71.7 Å². The average molecular weight is 469 g/mol. The number of halogens is 4. The molecule has 3 aromatic rings. The number of carboxylic acids is 1. The van der Waals surface area contributed by atoms with Crippen molar-refractivity contribution >= 4 is 28.9 Å². The fourth-order valence-electron chi connectivity index (χ4n) is 3.31. The number of rotatable bonds is 7. The molecule has 0 amide bonds. The Balaban J connectivity index is 1.90. The van der Waals surface area contributed by atoms with Crippen molar-refractivity contribution in [2.24, 2.45) is 0 Å². The summed E-state index contributed by atoms with van der Waals surface area (Å²) in [6, 6.07) is 10.1. The molecule has 0 spiro atoms. The number of hydrogen-bond donors (Lipinski definition) is 1. The van der Waals surface area contributed by atoms with E-state index in [0.717, 1.165) is 16.7 Å². The van der Waals surface area contributed by atoms with E-state index < -0.39 is 17.0 Å². The lowest BCUT2D eigenvalue weighted by Gasteiger charge is -2.16. The van der Waals surface area contributed by atoms with Crippen molar-refractivity contribution in [2.45, 2.75) is 39.5 Å². The van der Waals surface area contributed by atoms with Crippen molar-refractivity contribution < 1.29 is 27.8 Å². The third-order valence-corrected chi connectivity index (χ3v) is 6.46. The zero-order valence-electron chi connectivity index (χ0n) is 16.8. The molecule has 1 N–H and O–H groups in total. The van der Waals surface area contributed by atoms with Crippen LogP contribution >= 0.6 is 22.9 Å². The van der Waals surface area contributed by atoms with E-state index in [9.17, 15) is 18.0 Å². The second-order valence-corrected chi connectivity index (χ2v) is 8.43. The first-order valence-corrected chi connectivity index (χ1v) is 10.7. The van der Waals surface area contributed by atoms with Crippen molar-refractivity contribution in [3.63, 3.8) is 0 Å². The van der Waals surface area contributed by atoms with Gasteiger partial charge in [-0.1, -0.05) is 29.8 Å². The first-order valence-electron chi connectivity index (χ1n) is 9.45. The zero-order chi connectivity index (χ0) is 22.8. The second-order valence-electron chi connectivity index (χ2n) is 7.12. The van der Waals surface area contributed by atoms with E-state index in [4.69, 9.17) is 21.4 Å². The van der Waals surface area contributed by atoms with Crippen LogP contribution in [0, 0.1) is 13.8 Å². The van der Waals surface area contributed by atoms with E-state index in [1.54, 1.807) is 36.4 Å². The normalized spacial score (nSPS) is 11.5. The van der Waals surface area contributed by atoms with Crippen LogP contribution in [0.3, 0.4) is 0 Å². The summed E-state index contributed by atoms with van der Waals surface area (Å²) in [5.41, 5.74) is 3.69. The summed E-state index contributed by atoms with van der Waals surface area (Å²) in [6.45, 7) is 3.42. The molecule has 0 radical (unpaired) electrons. The molecule has 0 atom stereocenters. The van der Waals surface area contributed by atoms with Gasteiger partial charge in [-0.15, -0.1) is 11.3 Å². The Hall–Kier alpha value is -2.51. The highest BCUT2D eigenvalue weighted by atomic mass is 35.5. The number of carboxylic acid groups (broad SMARTS) is 1. The van der Waals surface area contributed by atoms with Gasteiger partial charge in [-0.25, -0.2) is 0 Å². The van der Waals surface area contributed by atoms with Gasteiger partial charge in [0.2, 0.25) is 0 Å². The van der Waals surface area contributed by atoms with E-state index >= 15 is 0 Å². The van der Waals surface area contributed by atoms with Crippen molar-refractivity contribution in [1.29, 1.82) is 0 Å². The van der Waals surface area contributed by atoms with Gasteiger partial charge in [-0.3, -0.25) is 4.79 Å². The van der Waals surface area contributed by atoms with Crippen LogP contribution in [-0.2, 0) is 24.0 Å². The van der Waals surface area contributed by atoms with Gasteiger partial charge >= 0.3 is 12.1 Å². The molecule has 0 saturated carbocycles. The predicted octanol–water partition coefficient (Wildman–Crippen LogP) is 7.30. The summed E-state index contributed by atoms with van der Waals surface area (Å²) < 4.78 is 46.6. The Morgan fingerprint density at radius 2 is 1.77 bits per heavy atom. The van der Waals surface area contributed by atoms with Crippen LogP contribution in [0.1, 0.15) is 33.6 Å². The average Bonchev–Trinajstić information content (AvgIpc) is 3.13. The highest BCUT2D eigenvalue weighted by Crippen LogP contribution is 2.42. The molecule has 164 valence electrons. The molecular weight excluding hydrogens is 449 g/mol. The molecule has 0 aliphatic rings. The smallest absolute Gasteiger partial charge is 0.426 e. The van der Waals surface area contributed by atoms with Gasteiger partial charge in [0.25, 0.3) is 0 Å². The summed E-state index contributed by atoms with van der Waals surface area (Å²) in [6.07, 6.45) is -4.10. The monoisotopic (exact) mass is 468 g/mol. The van der Waals surface area contributed by atoms with E-state index in [-0.39, 0.29) is 18.6 Å². The maximum Gasteiger partial charge on any atom is 0.426 e. The van der Waals surface area contributed by atoms with Crippen molar-refractivity contribution in [1.82, 2.24) is 0 Å². The summed E-state index contributed by atoms with van der Waals surface area (Å²) in [5.74, 6) is -0.415. The lowest BCUT2D eigenvalue weighted by molar-refractivity contribution is -0.137. The summed E-state index contributed by atoms with van der Waals surface area (Å²) >= 11 is 6.55. The lowest BCUT2D eigenvalue weighted by Crippen LogP contribution is -2.09. The van der Waals surface area contributed by atoms with Crippen molar-refractivity contribution in [3.8, 4) is 16.9 Å². The first kappa shape index (κ1) is 23.2. The van der Waals surface area contributed by atoms with Crippen LogP contribution in [0.15, 0.2) is 41.8 Å². The molecule has 0 aliphatic heterocycles. The number of aryl methyl sites for hydroxylation is 1. The van der Waals surface area contributed by atoms with Gasteiger partial charge in [0.05, 0.1) is 0 Å². The van der Waals surface area contributed by atoms with E-state index in [0.29, 0.717) is 39.7 Å². The number of aliphatic carboxylic acids is 1. The molecule has 8 heteroatoms. The van der Waals surface area contributed by atoms with Gasteiger partial charge in [0, 0.05) is 17.0 Å². The minimum atomic E-state index is -4.49. The predicted molar refractivity (Wildman–Crippen MR) is 116 cm³/mol. The molecule has 2 aromatic carbocycles. The van der Waals surface area contributed by atoms with Gasteiger partial charge in [-0.2, -0.15) is 13.2 Å². The number of hydrogen-bond acceptors (Lipinski definition) is 3. The van der Waals surface area contributed by atoms with E-state index in [2.05, 4.69) is 0 Å². The molecular formula is C23H20ClF3O3S. The molecule has 31 heavy (non-hydrogen) atoms. The summed E-state index contributed by atoms with van der Waals surface area (Å²) in [5, 5.41) is 10.9. The molecule has 0 aliphatic carbocycles. The van der Waals surface area contributed by atoms with Crippen LogP contribution in [0.2, 0.25) is 5.02 Å². The van der Waals surface area contributed by atoms with Crippen LogP contribution in [-0.4, -0.2) is 11.1 Å². The lowest BCUT2D eigenvalue weighted by atomic mass is 9.99. The third-order valence-electron chi connectivity index (χ3n) is 5.14. The largest absolute Gasteiger partial charge is 0.489 e. The maximum absolute atomic E-state index is 13.6. The Morgan fingerprint density at radius 3 is 2.39 bits per heavy atom. The van der Waals surface area contributed by atoms with Crippen LogP contribution in [0.5, 0.6) is 5.75 Å². The minimum Gasteiger partial charge on any atom is -0.489 e. The second kappa shape index (κ2) is 9.32. The highest BCUT2D eigenvalue weighted by molar-refractivity contribution is 7.10. The highest BCUT2D eigenvalue weighted by Gasteiger charge is 2.36. The Labute approximate surface area is 187 Å². The molecule has 0 saturated heterocycles.